The van der Waals surface area contributed by atoms with Crippen LogP contribution in [0.2, 0.25) is 0 Å². The van der Waals surface area contributed by atoms with E-state index in [2.05, 4.69) is 29.2 Å². The predicted molar refractivity (Wildman–Crippen MR) is 142 cm³/mol. The Labute approximate surface area is 227 Å². The van der Waals surface area contributed by atoms with E-state index < -0.39 is 11.6 Å². The van der Waals surface area contributed by atoms with E-state index in [1.165, 1.54) is 37.7 Å². The van der Waals surface area contributed by atoms with Gasteiger partial charge in [0.2, 0.25) is 17.5 Å². The Hall–Kier alpha value is -1.67. The maximum atomic E-state index is 11.5. The van der Waals surface area contributed by atoms with E-state index in [4.69, 9.17) is 19.2 Å². The summed E-state index contributed by atoms with van der Waals surface area (Å²) in [5, 5.41) is 0. The van der Waals surface area contributed by atoms with E-state index >= 15 is 0 Å². The number of rotatable bonds is 6. The lowest BCUT2D eigenvalue weighted by atomic mass is 9.53. The maximum Gasteiger partial charge on any atom is 0.219 e. The number of benzene rings is 1. The quantitative estimate of drug-likeness (QED) is 0.381. The van der Waals surface area contributed by atoms with Gasteiger partial charge in [-0.1, -0.05) is 12.1 Å². The van der Waals surface area contributed by atoms with Crippen molar-refractivity contribution in [2.45, 2.75) is 88.6 Å². The fraction of sp³-hybridized carbons (Fsp3) is 0.774. The third kappa shape index (κ3) is 4.67. The summed E-state index contributed by atoms with van der Waals surface area (Å²) in [6.45, 7) is 7.00. The maximum absolute atomic E-state index is 11.5. The molecule has 2 spiro atoms. The molecule has 0 unspecified atom stereocenters. The minimum Gasteiger partial charge on any atom is -0.494 e. The van der Waals surface area contributed by atoms with Crippen molar-refractivity contribution in [3.63, 3.8) is 0 Å². The highest BCUT2D eigenvalue weighted by molar-refractivity contribution is 5.73. The first-order chi connectivity index (χ1) is 18.5. The van der Waals surface area contributed by atoms with Crippen LogP contribution in [-0.4, -0.2) is 66.6 Å². The van der Waals surface area contributed by atoms with Crippen molar-refractivity contribution in [2.24, 2.45) is 23.7 Å². The molecule has 2 saturated heterocycles. The van der Waals surface area contributed by atoms with Crippen LogP contribution in [0.5, 0.6) is 5.75 Å². The van der Waals surface area contributed by atoms with Crippen molar-refractivity contribution in [3.05, 3.63) is 29.8 Å². The molecule has 7 heteroatoms. The summed E-state index contributed by atoms with van der Waals surface area (Å²) in [4.78, 5) is 28.2. The zero-order valence-electron chi connectivity index (χ0n) is 22.9. The van der Waals surface area contributed by atoms with Crippen LogP contribution in [0.25, 0.3) is 0 Å². The first-order valence-corrected chi connectivity index (χ1v) is 15.3. The number of carbonyl (C=O) groups excluding carboxylic acids is 1. The van der Waals surface area contributed by atoms with E-state index in [0.29, 0.717) is 17.8 Å². The third-order valence-electron chi connectivity index (χ3n) is 10.7. The first kappa shape index (κ1) is 25.3. The molecule has 7 fully saturated rings. The highest BCUT2D eigenvalue weighted by atomic mass is 17.3. The Morgan fingerprint density at radius 2 is 1.58 bits per heavy atom. The van der Waals surface area contributed by atoms with Crippen LogP contribution < -0.4 is 4.74 Å². The molecule has 0 radical (unpaired) electrons. The van der Waals surface area contributed by atoms with E-state index in [1.54, 1.807) is 6.92 Å². The Morgan fingerprint density at radius 1 is 0.921 bits per heavy atom. The zero-order chi connectivity index (χ0) is 25.7. The van der Waals surface area contributed by atoms with Crippen LogP contribution >= 0.6 is 0 Å². The lowest BCUT2D eigenvalue weighted by Crippen LogP contribution is -2.59. The molecule has 1 aromatic rings. The molecule has 0 N–H and O–H groups in total. The number of carbonyl (C=O) groups is 1. The molecule has 7 aliphatic rings. The second-order valence-electron chi connectivity index (χ2n) is 13.1. The Kier molecular flexibility index (Phi) is 6.70. The van der Waals surface area contributed by atoms with Gasteiger partial charge in [-0.3, -0.25) is 9.69 Å². The van der Waals surface area contributed by atoms with Gasteiger partial charge in [-0.2, -0.15) is 9.78 Å². The molecule has 8 rings (SSSR count). The number of amides is 1. The van der Waals surface area contributed by atoms with Crippen molar-refractivity contribution < 1.29 is 24.0 Å². The van der Waals surface area contributed by atoms with Gasteiger partial charge in [-0.15, -0.1) is 0 Å². The molecule has 0 aromatic heterocycles. The minimum atomic E-state index is -0.534. The fourth-order valence-corrected chi connectivity index (χ4v) is 8.79. The number of hydrogen-bond acceptors (Lipinski definition) is 6. The largest absolute Gasteiger partial charge is 0.494 e. The molecule has 2 aliphatic heterocycles. The molecule has 5 saturated carbocycles. The molecule has 38 heavy (non-hydrogen) atoms. The summed E-state index contributed by atoms with van der Waals surface area (Å²) in [5.41, 5.74) is 1.39. The van der Waals surface area contributed by atoms with Gasteiger partial charge in [0.05, 0.1) is 6.61 Å². The Balaban J connectivity index is 0.862. The van der Waals surface area contributed by atoms with E-state index in [-0.39, 0.29) is 5.91 Å². The number of hydrogen-bond donors (Lipinski definition) is 0. The van der Waals surface area contributed by atoms with Gasteiger partial charge in [0.15, 0.2) is 0 Å². The van der Waals surface area contributed by atoms with Crippen molar-refractivity contribution >= 4 is 5.91 Å². The Morgan fingerprint density at radius 3 is 2.21 bits per heavy atom. The summed E-state index contributed by atoms with van der Waals surface area (Å²) in [5.74, 6) is 3.52. The van der Waals surface area contributed by atoms with Gasteiger partial charge in [0.25, 0.3) is 0 Å². The molecule has 7 nitrogen and oxygen atoms in total. The Bertz CT molecular complexity index is 968. The molecule has 4 bridgehead atoms. The van der Waals surface area contributed by atoms with Crippen LogP contribution in [0, 0.1) is 23.7 Å². The van der Waals surface area contributed by atoms with Gasteiger partial charge < -0.3 is 14.4 Å². The van der Waals surface area contributed by atoms with Crippen molar-refractivity contribution in [1.82, 2.24) is 9.80 Å². The predicted octanol–water partition coefficient (Wildman–Crippen LogP) is 5.10. The van der Waals surface area contributed by atoms with Crippen LogP contribution in [-0.2, 0) is 19.3 Å². The molecular formula is C31H44N2O5. The summed E-state index contributed by atoms with van der Waals surface area (Å²) in [6, 6.07) is 8.73. The number of ether oxygens (including phenoxy) is 2. The second-order valence-corrected chi connectivity index (χ2v) is 13.1. The first-order valence-electron chi connectivity index (χ1n) is 15.3. The van der Waals surface area contributed by atoms with E-state index in [1.807, 2.05) is 4.90 Å². The van der Waals surface area contributed by atoms with Crippen molar-refractivity contribution in [3.8, 4) is 5.75 Å². The minimum absolute atomic E-state index is 0.185. The summed E-state index contributed by atoms with van der Waals surface area (Å²) < 4.78 is 12.9. The lowest BCUT2D eigenvalue weighted by molar-refractivity contribution is -0.390. The van der Waals surface area contributed by atoms with Crippen LogP contribution in [0.3, 0.4) is 0 Å². The molecule has 208 valence electrons. The summed E-state index contributed by atoms with van der Waals surface area (Å²) >= 11 is 0. The SMILES string of the molecule is CC(=O)N1CCN(CCCOc2ccc([C@H]3CC[C@]4(CC3)OO[C@]3(O4)C4CC5CC(C4)CC3C5)cc2)CC1. The zero-order valence-corrected chi connectivity index (χ0v) is 22.9. The van der Waals surface area contributed by atoms with Gasteiger partial charge >= 0.3 is 0 Å². The average Bonchev–Trinajstić information content (AvgIpc) is 3.30. The lowest BCUT2D eigenvalue weighted by Gasteiger charge is -2.57. The number of piperazine rings is 1. The van der Waals surface area contributed by atoms with Crippen LogP contribution in [0.15, 0.2) is 24.3 Å². The van der Waals surface area contributed by atoms with Crippen LogP contribution in [0.4, 0.5) is 0 Å². The molecule has 1 aromatic carbocycles. The van der Waals surface area contributed by atoms with Gasteiger partial charge in [0.1, 0.15) is 5.75 Å². The van der Waals surface area contributed by atoms with Gasteiger partial charge in [-0.05, 0) is 86.8 Å². The van der Waals surface area contributed by atoms with E-state index in [0.717, 1.165) is 89.0 Å². The summed E-state index contributed by atoms with van der Waals surface area (Å²) in [6.07, 6.45) is 11.4. The van der Waals surface area contributed by atoms with Crippen molar-refractivity contribution in [1.29, 1.82) is 0 Å². The van der Waals surface area contributed by atoms with Crippen LogP contribution in [0.1, 0.15) is 82.6 Å². The molecule has 2 heterocycles. The molecule has 1 amide bonds. The van der Waals surface area contributed by atoms with Gasteiger partial charge in [0, 0.05) is 64.3 Å². The third-order valence-corrected chi connectivity index (χ3v) is 10.7. The smallest absolute Gasteiger partial charge is 0.219 e. The molecule has 0 atom stereocenters. The topological polar surface area (TPSA) is 60.5 Å². The second kappa shape index (κ2) is 10.1. The highest BCUT2D eigenvalue weighted by Crippen LogP contribution is 2.64. The standard InChI is InChI=1S/C31H44N2O5/c1-22(34)33-14-12-32(13-15-33)11-2-16-35-29-5-3-25(4-6-29)26-7-9-30(10-8-26)36-31(38-37-30)27-18-23-17-24(20-27)21-28(31)19-23/h3-6,23-24,26-28H,2,7-21H2,1H3/t23?,24?,26-,27?,28?,30+,31-. The number of nitrogens with zero attached hydrogens (tertiary/aromatic N) is 2. The molecule has 5 aliphatic carbocycles. The normalized spacial score (nSPS) is 40.3. The monoisotopic (exact) mass is 524 g/mol. The fourth-order valence-electron chi connectivity index (χ4n) is 8.79. The van der Waals surface area contributed by atoms with E-state index in [9.17, 15) is 4.79 Å². The molecular weight excluding hydrogens is 480 g/mol. The average molecular weight is 525 g/mol. The highest BCUT2D eigenvalue weighted by Gasteiger charge is 2.66. The summed E-state index contributed by atoms with van der Waals surface area (Å²) in [7, 11) is 0. The van der Waals surface area contributed by atoms with Gasteiger partial charge in [-0.25, -0.2) is 0 Å². The van der Waals surface area contributed by atoms with Crippen molar-refractivity contribution in [2.75, 3.05) is 39.3 Å².